The maximum atomic E-state index is 14.2. The van der Waals surface area contributed by atoms with E-state index in [1.807, 2.05) is 0 Å². The predicted octanol–water partition coefficient (Wildman–Crippen LogP) is 3.73. The third kappa shape index (κ3) is 4.59. The first-order valence-electron chi connectivity index (χ1n) is 11.9. The number of ether oxygens (including phenoxy) is 1. The Balaban J connectivity index is 1.37. The highest BCUT2D eigenvalue weighted by molar-refractivity contribution is 6.30. The topological polar surface area (TPSA) is 97.7 Å². The number of benzene rings is 2. The number of Topliss-reactive ketones (excluding diaryl/α,β-unsaturated/α-hetero) is 1. The third-order valence-electron chi connectivity index (χ3n) is 7.17. The van der Waals surface area contributed by atoms with Crippen LogP contribution in [0.4, 0.5) is 4.39 Å². The van der Waals surface area contributed by atoms with E-state index >= 15 is 0 Å². The number of carbonyl (C=O) groups is 4. The molecule has 0 spiro atoms. The van der Waals surface area contributed by atoms with Gasteiger partial charge in [0.05, 0.1) is 23.2 Å². The Kier molecular flexibility index (Phi) is 6.49. The molecule has 10 heteroatoms. The maximum absolute atomic E-state index is 14.2. The first kappa shape index (κ1) is 25.0. The van der Waals surface area contributed by atoms with Crippen LogP contribution >= 0.6 is 11.6 Å². The van der Waals surface area contributed by atoms with E-state index in [-0.39, 0.29) is 53.2 Å². The fourth-order valence-electron chi connectivity index (χ4n) is 5.21. The van der Waals surface area contributed by atoms with Gasteiger partial charge in [-0.1, -0.05) is 29.8 Å². The summed E-state index contributed by atoms with van der Waals surface area (Å²) in [5.74, 6) is -1.65. The Morgan fingerprint density at radius 1 is 1.16 bits per heavy atom. The van der Waals surface area contributed by atoms with Crippen molar-refractivity contribution in [1.29, 1.82) is 0 Å². The van der Waals surface area contributed by atoms with E-state index in [0.29, 0.717) is 28.5 Å². The first-order chi connectivity index (χ1) is 17.7. The van der Waals surface area contributed by atoms with E-state index in [0.717, 1.165) is 6.42 Å². The van der Waals surface area contributed by atoms with Gasteiger partial charge >= 0.3 is 5.97 Å². The molecule has 2 aromatic carbocycles. The van der Waals surface area contributed by atoms with Gasteiger partial charge in [-0.3, -0.25) is 14.4 Å². The number of fused-ring (bicyclic) bond motifs is 2. The Morgan fingerprint density at radius 3 is 2.68 bits per heavy atom. The van der Waals surface area contributed by atoms with Gasteiger partial charge in [0.15, 0.2) is 5.78 Å². The molecule has 37 heavy (non-hydrogen) atoms. The number of halogens is 2. The number of amides is 2. The molecule has 0 bridgehead atoms. The number of nitrogens with one attached hydrogen (secondary N) is 1. The number of hydrogen-bond acceptors (Lipinski definition) is 5. The number of nitrogens with zero attached hydrogens (tertiary/aromatic N) is 2. The summed E-state index contributed by atoms with van der Waals surface area (Å²) < 4.78 is 20.7. The number of hydrogen-bond donors (Lipinski definition) is 1. The Morgan fingerprint density at radius 2 is 1.95 bits per heavy atom. The zero-order chi connectivity index (χ0) is 26.4. The molecule has 3 aromatic rings. The van der Waals surface area contributed by atoms with Crippen LogP contribution in [-0.4, -0.2) is 52.2 Å². The normalized spacial score (nSPS) is 20.0. The number of likely N-dealkylation sites (tertiary alicyclic amines) is 1. The van der Waals surface area contributed by atoms with Crippen molar-refractivity contribution in [2.75, 3.05) is 7.11 Å². The molecule has 2 fully saturated rings. The van der Waals surface area contributed by atoms with Crippen LogP contribution in [0.5, 0.6) is 0 Å². The van der Waals surface area contributed by atoms with E-state index in [9.17, 15) is 23.6 Å². The lowest BCUT2D eigenvalue weighted by Crippen LogP contribution is -2.48. The van der Waals surface area contributed by atoms with Gasteiger partial charge in [-0.05, 0) is 43.9 Å². The van der Waals surface area contributed by atoms with Crippen LogP contribution in [0.25, 0.3) is 10.9 Å². The molecule has 1 aliphatic carbocycles. The fraction of sp³-hybridized carbons (Fsp3) is 0.333. The standard InChI is InChI=1S/C27H25ClFN3O5/c1-14(33)19-12-31(22-8-15(27(36)37-2)6-7-18(19)22)13-24(34)32-21-9-17(21)10-23(32)26(35)30-11-16-4-3-5-20(28)25(16)29/h3-8,12,17,21,23H,9-11,13H2,1-2H3,(H,30,35)/t17-,21-,23+/m1/s1. The van der Waals surface area contributed by atoms with Crippen molar-refractivity contribution in [2.45, 2.75) is 44.9 Å². The van der Waals surface area contributed by atoms with Crippen molar-refractivity contribution >= 4 is 46.1 Å². The van der Waals surface area contributed by atoms with Crippen LogP contribution in [0.15, 0.2) is 42.6 Å². The average molecular weight is 526 g/mol. The molecule has 3 atom stereocenters. The molecule has 2 amide bonds. The van der Waals surface area contributed by atoms with E-state index in [1.165, 1.54) is 20.1 Å². The zero-order valence-electron chi connectivity index (χ0n) is 20.3. The molecule has 5 rings (SSSR count). The number of ketones is 1. The molecule has 1 saturated heterocycles. The smallest absolute Gasteiger partial charge is 0.337 e. The minimum absolute atomic E-state index is 0.0223. The highest BCUT2D eigenvalue weighted by Gasteiger charge is 2.55. The summed E-state index contributed by atoms with van der Waals surface area (Å²) in [5.41, 5.74) is 1.54. The maximum Gasteiger partial charge on any atom is 0.337 e. The second kappa shape index (κ2) is 9.63. The number of esters is 1. The summed E-state index contributed by atoms with van der Waals surface area (Å²) in [5, 5.41) is 3.34. The molecule has 1 aliphatic heterocycles. The molecule has 192 valence electrons. The summed E-state index contributed by atoms with van der Waals surface area (Å²) >= 11 is 5.83. The lowest BCUT2D eigenvalue weighted by atomic mass is 10.1. The number of piperidine rings is 1. The lowest BCUT2D eigenvalue weighted by molar-refractivity contribution is -0.140. The van der Waals surface area contributed by atoms with Crippen LogP contribution in [0.2, 0.25) is 5.02 Å². The van der Waals surface area contributed by atoms with Crippen molar-refractivity contribution < 1.29 is 28.3 Å². The minimum Gasteiger partial charge on any atom is -0.465 e. The van der Waals surface area contributed by atoms with E-state index < -0.39 is 17.8 Å². The van der Waals surface area contributed by atoms with Gasteiger partial charge in [0.25, 0.3) is 0 Å². The van der Waals surface area contributed by atoms with Gasteiger partial charge in [0.1, 0.15) is 18.4 Å². The SMILES string of the molecule is COC(=O)c1ccc2c(C(C)=O)cn(CC(=O)N3[C@@H]4C[C@@H]4C[C@H]3C(=O)NCc3cccc(Cl)c3F)c2c1. The highest BCUT2D eigenvalue weighted by atomic mass is 35.5. The second-order valence-electron chi connectivity index (χ2n) is 9.50. The average Bonchev–Trinajstić information content (AvgIpc) is 3.39. The van der Waals surface area contributed by atoms with Crippen molar-refractivity contribution in [3.8, 4) is 0 Å². The Hall–Kier alpha value is -3.72. The van der Waals surface area contributed by atoms with Crippen molar-refractivity contribution in [3.63, 3.8) is 0 Å². The second-order valence-corrected chi connectivity index (χ2v) is 9.90. The molecule has 0 unspecified atom stereocenters. The van der Waals surface area contributed by atoms with E-state index in [2.05, 4.69) is 5.32 Å². The summed E-state index contributed by atoms with van der Waals surface area (Å²) in [6.07, 6.45) is 2.97. The molecule has 1 aromatic heterocycles. The van der Waals surface area contributed by atoms with Crippen molar-refractivity contribution in [1.82, 2.24) is 14.8 Å². The minimum atomic E-state index is -0.668. The van der Waals surface area contributed by atoms with Crippen LogP contribution in [0.1, 0.15) is 46.0 Å². The van der Waals surface area contributed by atoms with Crippen LogP contribution in [0, 0.1) is 11.7 Å². The van der Waals surface area contributed by atoms with Gasteiger partial charge in [0, 0.05) is 35.3 Å². The largest absolute Gasteiger partial charge is 0.465 e. The first-order valence-corrected chi connectivity index (χ1v) is 12.3. The molecule has 2 heterocycles. The van der Waals surface area contributed by atoms with E-state index in [4.69, 9.17) is 16.3 Å². The molecular weight excluding hydrogens is 501 g/mol. The number of carbonyl (C=O) groups excluding carboxylic acids is 4. The summed E-state index contributed by atoms with van der Waals surface area (Å²) in [6.45, 7) is 1.29. The zero-order valence-corrected chi connectivity index (χ0v) is 21.0. The summed E-state index contributed by atoms with van der Waals surface area (Å²) in [6, 6.07) is 8.73. The number of aromatic nitrogens is 1. The van der Waals surface area contributed by atoms with Crippen LogP contribution in [-0.2, 0) is 27.4 Å². The van der Waals surface area contributed by atoms with Crippen molar-refractivity contribution in [2.24, 2.45) is 5.92 Å². The molecule has 2 aliphatic rings. The molecule has 1 N–H and O–H groups in total. The van der Waals surface area contributed by atoms with Gasteiger partial charge in [-0.15, -0.1) is 0 Å². The van der Waals surface area contributed by atoms with Crippen LogP contribution in [0.3, 0.4) is 0 Å². The van der Waals surface area contributed by atoms with Gasteiger partial charge in [-0.25, -0.2) is 9.18 Å². The highest BCUT2D eigenvalue weighted by Crippen LogP contribution is 2.48. The van der Waals surface area contributed by atoms with Crippen molar-refractivity contribution in [3.05, 3.63) is 70.1 Å². The Labute approximate surface area is 217 Å². The summed E-state index contributed by atoms with van der Waals surface area (Å²) in [4.78, 5) is 52.5. The molecule has 0 radical (unpaired) electrons. The van der Waals surface area contributed by atoms with Gasteiger partial charge < -0.3 is 19.5 Å². The van der Waals surface area contributed by atoms with E-state index in [1.54, 1.807) is 46.0 Å². The Bertz CT molecular complexity index is 1450. The molecular formula is C27H25ClFN3O5. The molecule has 8 nitrogen and oxygen atoms in total. The van der Waals surface area contributed by atoms with Crippen LogP contribution < -0.4 is 5.32 Å². The number of methoxy groups -OCH3 is 1. The number of rotatable bonds is 7. The summed E-state index contributed by atoms with van der Waals surface area (Å²) in [7, 11) is 1.28. The third-order valence-corrected chi connectivity index (χ3v) is 7.46. The molecule has 1 saturated carbocycles. The quantitative estimate of drug-likeness (QED) is 0.374. The lowest BCUT2D eigenvalue weighted by Gasteiger charge is -2.27. The van der Waals surface area contributed by atoms with Gasteiger partial charge in [0.2, 0.25) is 11.8 Å². The van der Waals surface area contributed by atoms with Gasteiger partial charge in [-0.2, -0.15) is 0 Å². The fourth-order valence-corrected chi connectivity index (χ4v) is 5.40. The monoisotopic (exact) mass is 525 g/mol. The predicted molar refractivity (Wildman–Crippen MR) is 134 cm³/mol.